The molecule has 0 N–H and O–H groups in total. The van der Waals surface area contributed by atoms with Crippen molar-refractivity contribution < 1.29 is 9.53 Å². The Morgan fingerprint density at radius 2 is 2.16 bits per heavy atom. The first-order valence-corrected chi connectivity index (χ1v) is 6.44. The molecule has 0 fully saturated rings. The van der Waals surface area contributed by atoms with Crippen molar-refractivity contribution in [2.45, 2.75) is 39.2 Å². The van der Waals surface area contributed by atoms with Crippen molar-refractivity contribution in [3.8, 4) is 6.07 Å². The number of hydrogen-bond acceptors (Lipinski definition) is 3. The molecule has 0 unspecified atom stereocenters. The van der Waals surface area contributed by atoms with Crippen LogP contribution in [0.5, 0.6) is 0 Å². The lowest BCUT2D eigenvalue weighted by molar-refractivity contribution is 0.0578. The SMILES string of the molecule is CC(C)(C)OC(=O)N1CCCc2cc(C#N)ccc21. The van der Waals surface area contributed by atoms with E-state index in [2.05, 4.69) is 6.07 Å². The first-order valence-electron chi connectivity index (χ1n) is 6.44. The Balaban J connectivity index is 2.28. The van der Waals surface area contributed by atoms with Gasteiger partial charge in [0, 0.05) is 6.54 Å². The van der Waals surface area contributed by atoms with Gasteiger partial charge in [-0.15, -0.1) is 0 Å². The fourth-order valence-corrected chi connectivity index (χ4v) is 2.17. The normalized spacial score (nSPS) is 14.5. The molecule has 0 atom stereocenters. The van der Waals surface area contributed by atoms with Crippen LogP contribution in [0.25, 0.3) is 0 Å². The van der Waals surface area contributed by atoms with E-state index in [1.54, 1.807) is 11.0 Å². The quantitative estimate of drug-likeness (QED) is 0.717. The van der Waals surface area contributed by atoms with Gasteiger partial charge in [0.1, 0.15) is 5.60 Å². The van der Waals surface area contributed by atoms with E-state index in [9.17, 15) is 4.79 Å². The molecular formula is C15H18N2O2. The number of rotatable bonds is 0. The number of aryl methyl sites for hydroxylation is 1. The van der Waals surface area contributed by atoms with E-state index in [1.807, 2.05) is 32.9 Å². The van der Waals surface area contributed by atoms with Crippen LogP contribution in [0.2, 0.25) is 0 Å². The molecular weight excluding hydrogens is 240 g/mol. The minimum Gasteiger partial charge on any atom is -0.443 e. The number of anilines is 1. The molecule has 1 aliphatic heterocycles. The maximum Gasteiger partial charge on any atom is 0.414 e. The summed E-state index contributed by atoms with van der Waals surface area (Å²) in [6.45, 7) is 6.23. The summed E-state index contributed by atoms with van der Waals surface area (Å²) in [5.41, 5.74) is 2.03. The molecule has 4 heteroatoms. The standard InChI is InChI=1S/C15H18N2O2/c1-15(2,3)19-14(18)17-8-4-5-12-9-11(10-16)6-7-13(12)17/h6-7,9H,4-5,8H2,1-3H3. The highest BCUT2D eigenvalue weighted by Crippen LogP contribution is 2.29. The van der Waals surface area contributed by atoms with Gasteiger partial charge in [-0.25, -0.2) is 4.79 Å². The van der Waals surface area contributed by atoms with Crippen molar-refractivity contribution in [2.24, 2.45) is 0 Å². The van der Waals surface area contributed by atoms with E-state index >= 15 is 0 Å². The van der Waals surface area contributed by atoms with E-state index in [1.165, 1.54) is 0 Å². The Morgan fingerprint density at radius 1 is 1.42 bits per heavy atom. The maximum atomic E-state index is 12.2. The molecule has 0 saturated heterocycles. The van der Waals surface area contributed by atoms with Crippen LogP contribution in [0.15, 0.2) is 18.2 Å². The Labute approximate surface area is 113 Å². The van der Waals surface area contributed by atoms with E-state index < -0.39 is 5.60 Å². The summed E-state index contributed by atoms with van der Waals surface area (Å²) < 4.78 is 5.41. The number of nitrogens with zero attached hydrogens (tertiary/aromatic N) is 2. The van der Waals surface area contributed by atoms with Crippen LogP contribution in [0.4, 0.5) is 10.5 Å². The summed E-state index contributed by atoms with van der Waals surface area (Å²) in [6.07, 6.45) is 1.46. The zero-order valence-electron chi connectivity index (χ0n) is 11.6. The van der Waals surface area contributed by atoms with Gasteiger partial charge >= 0.3 is 6.09 Å². The van der Waals surface area contributed by atoms with Gasteiger partial charge in [-0.05, 0) is 57.4 Å². The lowest BCUT2D eigenvalue weighted by atomic mass is 10.00. The van der Waals surface area contributed by atoms with Crippen LogP contribution < -0.4 is 4.90 Å². The topological polar surface area (TPSA) is 53.3 Å². The van der Waals surface area contributed by atoms with Gasteiger partial charge in [-0.2, -0.15) is 5.26 Å². The van der Waals surface area contributed by atoms with Crippen molar-refractivity contribution in [2.75, 3.05) is 11.4 Å². The number of carbonyl (C=O) groups excluding carboxylic acids is 1. The van der Waals surface area contributed by atoms with Crippen molar-refractivity contribution in [3.05, 3.63) is 29.3 Å². The van der Waals surface area contributed by atoms with Gasteiger partial charge in [0.05, 0.1) is 17.3 Å². The first kappa shape index (κ1) is 13.4. The van der Waals surface area contributed by atoms with Gasteiger partial charge < -0.3 is 4.74 Å². The van der Waals surface area contributed by atoms with Gasteiger partial charge in [-0.1, -0.05) is 0 Å². The molecule has 1 amide bonds. The highest BCUT2D eigenvalue weighted by Gasteiger charge is 2.27. The highest BCUT2D eigenvalue weighted by molar-refractivity contribution is 5.89. The van der Waals surface area contributed by atoms with Crippen LogP contribution in [-0.4, -0.2) is 18.2 Å². The number of carbonyl (C=O) groups is 1. The number of fused-ring (bicyclic) bond motifs is 1. The maximum absolute atomic E-state index is 12.2. The molecule has 1 aromatic rings. The zero-order chi connectivity index (χ0) is 14.0. The molecule has 0 bridgehead atoms. The molecule has 0 aliphatic carbocycles. The predicted molar refractivity (Wildman–Crippen MR) is 73.1 cm³/mol. The van der Waals surface area contributed by atoms with Crippen LogP contribution in [0, 0.1) is 11.3 Å². The molecule has 0 saturated carbocycles. The van der Waals surface area contributed by atoms with Crippen LogP contribution in [0.1, 0.15) is 38.3 Å². The molecule has 2 rings (SSSR count). The van der Waals surface area contributed by atoms with Crippen molar-refractivity contribution in [1.82, 2.24) is 0 Å². The minimum atomic E-state index is -0.499. The average molecular weight is 258 g/mol. The molecule has 0 aromatic heterocycles. The number of ether oxygens (including phenoxy) is 1. The van der Waals surface area contributed by atoms with Crippen molar-refractivity contribution in [3.63, 3.8) is 0 Å². The van der Waals surface area contributed by atoms with E-state index in [4.69, 9.17) is 10.00 Å². The first-order chi connectivity index (χ1) is 8.90. The number of hydrogen-bond donors (Lipinski definition) is 0. The van der Waals surface area contributed by atoms with E-state index in [0.29, 0.717) is 12.1 Å². The second-order valence-electron chi connectivity index (χ2n) is 5.69. The molecule has 19 heavy (non-hydrogen) atoms. The second-order valence-corrected chi connectivity index (χ2v) is 5.69. The van der Waals surface area contributed by atoms with Gasteiger partial charge in [0.25, 0.3) is 0 Å². The van der Waals surface area contributed by atoms with Crippen molar-refractivity contribution in [1.29, 1.82) is 5.26 Å². The lowest BCUT2D eigenvalue weighted by Crippen LogP contribution is -2.39. The molecule has 100 valence electrons. The second kappa shape index (κ2) is 4.93. The average Bonchev–Trinajstić information content (AvgIpc) is 2.35. The van der Waals surface area contributed by atoms with Crippen molar-refractivity contribution >= 4 is 11.8 Å². The Hall–Kier alpha value is -2.02. The summed E-state index contributed by atoms with van der Waals surface area (Å²) >= 11 is 0. The number of amides is 1. The summed E-state index contributed by atoms with van der Waals surface area (Å²) in [6, 6.07) is 7.55. The summed E-state index contributed by atoms with van der Waals surface area (Å²) in [5, 5.41) is 8.91. The third-order valence-electron chi connectivity index (χ3n) is 2.94. The number of benzene rings is 1. The van der Waals surface area contributed by atoms with Crippen LogP contribution >= 0.6 is 0 Å². The van der Waals surface area contributed by atoms with E-state index in [0.717, 1.165) is 24.1 Å². The fraction of sp³-hybridized carbons (Fsp3) is 0.467. The van der Waals surface area contributed by atoms with Gasteiger partial charge in [0.2, 0.25) is 0 Å². The third kappa shape index (κ3) is 3.05. The van der Waals surface area contributed by atoms with E-state index in [-0.39, 0.29) is 6.09 Å². The fourth-order valence-electron chi connectivity index (χ4n) is 2.17. The summed E-state index contributed by atoms with van der Waals surface area (Å²) in [4.78, 5) is 13.8. The van der Waals surface area contributed by atoms with Crippen LogP contribution in [0.3, 0.4) is 0 Å². The molecule has 0 spiro atoms. The largest absolute Gasteiger partial charge is 0.443 e. The Kier molecular flexibility index (Phi) is 3.48. The van der Waals surface area contributed by atoms with Gasteiger partial charge in [-0.3, -0.25) is 4.90 Å². The minimum absolute atomic E-state index is 0.321. The Morgan fingerprint density at radius 3 is 2.79 bits per heavy atom. The monoisotopic (exact) mass is 258 g/mol. The molecule has 0 radical (unpaired) electrons. The summed E-state index contributed by atoms with van der Waals surface area (Å²) in [5.74, 6) is 0. The Bertz CT molecular complexity index is 538. The van der Waals surface area contributed by atoms with Gasteiger partial charge in [0.15, 0.2) is 0 Å². The highest BCUT2D eigenvalue weighted by atomic mass is 16.6. The predicted octanol–water partition coefficient (Wildman–Crippen LogP) is 3.25. The molecule has 4 nitrogen and oxygen atoms in total. The zero-order valence-corrected chi connectivity index (χ0v) is 11.6. The number of nitriles is 1. The summed E-state index contributed by atoms with van der Waals surface area (Å²) in [7, 11) is 0. The molecule has 1 aromatic carbocycles. The lowest BCUT2D eigenvalue weighted by Gasteiger charge is -2.31. The molecule has 1 heterocycles. The molecule has 1 aliphatic rings. The third-order valence-corrected chi connectivity index (χ3v) is 2.94. The smallest absolute Gasteiger partial charge is 0.414 e. The van der Waals surface area contributed by atoms with Crippen LogP contribution in [-0.2, 0) is 11.2 Å².